The lowest BCUT2D eigenvalue weighted by atomic mass is 10.1. The highest BCUT2D eigenvalue weighted by atomic mass is 16.6. The Bertz CT molecular complexity index is 432. The lowest BCUT2D eigenvalue weighted by Crippen LogP contribution is -2.39. The highest BCUT2D eigenvalue weighted by Crippen LogP contribution is 2.31. The number of hydrogen-bond donors (Lipinski definition) is 0. The highest BCUT2D eigenvalue weighted by Gasteiger charge is 2.44. The molecule has 90 valence electrons. The molecule has 1 amide bonds. The van der Waals surface area contributed by atoms with Crippen LogP contribution < -0.4 is 4.74 Å². The SMILES string of the molecule is COc1ccc(C(=O)N2CC[C@@H]3O[C@@H]3C2)cn1. The molecule has 0 aromatic carbocycles. The van der Waals surface area contributed by atoms with Crippen LogP contribution in [0.4, 0.5) is 0 Å². The predicted molar refractivity (Wildman–Crippen MR) is 60.0 cm³/mol. The molecule has 2 aliphatic heterocycles. The lowest BCUT2D eigenvalue weighted by Gasteiger charge is -2.24. The van der Waals surface area contributed by atoms with E-state index in [1.165, 1.54) is 0 Å². The number of carbonyl (C=O) groups is 1. The van der Waals surface area contributed by atoms with Gasteiger partial charge >= 0.3 is 0 Å². The van der Waals surface area contributed by atoms with Gasteiger partial charge in [-0.15, -0.1) is 0 Å². The van der Waals surface area contributed by atoms with E-state index in [9.17, 15) is 4.79 Å². The largest absolute Gasteiger partial charge is 0.481 e. The number of pyridine rings is 1. The van der Waals surface area contributed by atoms with Crippen LogP contribution in [0.5, 0.6) is 5.88 Å². The minimum absolute atomic E-state index is 0.0223. The fourth-order valence-electron chi connectivity index (χ4n) is 2.18. The molecule has 2 aliphatic rings. The number of aromatic nitrogens is 1. The van der Waals surface area contributed by atoms with Gasteiger partial charge in [0, 0.05) is 25.4 Å². The molecule has 0 bridgehead atoms. The first-order chi connectivity index (χ1) is 8.28. The molecule has 3 heterocycles. The maximum absolute atomic E-state index is 12.2. The summed E-state index contributed by atoms with van der Waals surface area (Å²) in [6, 6.07) is 3.45. The van der Waals surface area contributed by atoms with Crippen molar-refractivity contribution in [1.82, 2.24) is 9.88 Å². The van der Waals surface area contributed by atoms with Crippen LogP contribution in [0, 0.1) is 0 Å². The Labute approximate surface area is 99.3 Å². The number of rotatable bonds is 2. The minimum Gasteiger partial charge on any atom is -0.481 e. The van der Waals surface area contributed by atoms with E-state index in [1.54, 1.807) is 25.4 Å². The van der Waals surface area contributed by atoms with Crippen LogP contribution in [0.15, 0.2) is 18.3 Å². The standard InChI is InChI=1S/C12H14N2O3/c1-16-11-3-2-8(6-13-11)12(15)14-5-4-9-10(7-14)17-9/h2-3,6,9-10H,4-5,7H2,1H3/t9-,10+/m0/s1. The molecule has 0 unspecified atom stereocenters. The number of epoxide rings is 1. The molecule has 3 rings (SSSR count). The molecule has 5 nitrogen and oxygen atoms in total. The maximum Gasteiger partial charge on any atom is 0.255 e. The van der Waals surface area contributed by atoms with Crippen molar-refractivity contribution in [2.75, 3.05) is 20.2 Å². The van der Waals surface area contributed by atoms with Crippen LogP contribution in [0.2, 0.25) is 0 Å². The maximum atomic E-state index is 12.2. The molecule has 2 fully saturated rings. The summed E-state index contributed by atoms with van der Waals surface area (Å²) in [6.07, 6.45) is 3.16. The zero-order valence-electron chi connectivity index (χ0n) is 9.63. The molecular weight excluding hydrogens is 220 g/mol. The fourth-order valence-corrected chi connectivity index (χ4v) is 2.18. The van der Waals surface area contributed by atoms with Gasteiger partial charge in [0.2, 0.25) is 5.88 Å². The van der Waals surface area contributed by atoms with Gasteiger partial charge in [0.1, 0.15) is 6.10 Å². The van der Waals surface area contributed by atoms with E-state index in [2.05, 4.69) is 4.98 Å². The van der Waals surface area contributed by atoms with E-state index in [1.807, 2.05) is 4.90 Å². The van der Waals surface area contributed by atoms with Crippen molar-refractivity contribution >= 4 is 5.91 Å². The van der Waals surface area contributed by atoms with Gasteiger partial charge in [-0.3, -0.25) is 4.79 Å². The average molecular weight is 234 g/mol. The molecule has 0 saturated carbocycles. The number of likely N-dealkylation sites (tertiary alicyclic amines) is 1. The summed E-state index contributed by atoms with van der Waals surface area (Å²) in [5, 5.41) is 0. The third kappa shape index (κ3) is 1.98. The second-order valence-electron chi connectivity index (χ2n) is 4.34. The van der Waals surface area contributed by atoms with E-state index in [4.69, 9.17) is 9.47 Å². The van der Waals surface area contributed by atoms with E-state index < -0.39 is 0 Å². The number of carbonyl (C=O) groups excluding carboxylic acids is 1. The average Bonchev–Trinajstić information content (AvgIpc) is 3.16. The van der Waals surface area contributed by atoms with Crippen LogP contribution in [-0.4, -0.2) is 48.2 Å². The quantitative estimate of drug-likeness (QED) is 0.707. The molecule has 1 aromatic heterocycles. The Morgan fingerprint density at radius 1 is 1.53 bits per heavy atom. The van der Waals surface area contributed by atoms with E-state index in [0.717, 1.165) is 13.0 Å². The van der Waals surface area contributed by atoms with E-state index in [0.29, 0.717) is 24.1 Å². The first-order valence-corrected chi connectivity index (χ1v) is 5.72. The predicted octanol–water partition coefficient (Wildman–Crippen LogP) is 0.704. The van der Waals surface area contributed by atoms with Gasteiger partial charge in [0.05, 0.1) is 18.8 Å². The molecule has 17 heavy (non-hydrogen) atoms. The molecule has 0 aliphatic carbocycles. The van der Waals surface area contributed by atoms with Crippen molar-refractivity contribution < 1.29 is 14.3 Å². The van der Waals surface area contributed by atoms with E-state index in [-0.39, 0.29) is 12.0 Å². The molecular formula is C12H14N2O3. The smallest absolute Gasteiger partial charge is 0.255 e. The zero-order valence-corrected chi connectivity index (χ0v) is 9.63. The third-order valence-electron chi connectivity index (χ3n) is 3.25. The number of nitrogens with zero attached hydrogens (tertiary/aromatic N) is 2. The molecule has 0 N–H and O–H groups in total. The van der Waals surface area contributed by atoms with Gasteiger partial charge in [0.25, 0.3) is 5.91 Å². The van der Waals surface area contributed by atoms with Crippen LogP contribution in [0.25, 0.3) is 0 Å². The topological polar surface area (TPSA) is 55.0 Å². The number of amides is 1. The van der Waals surface area contributed by atoms with Crippen molar-refractivity contribution in [1.29, 1.82) is 0 Å². The Kier molecular flexibility index (Phi) is 2.48. The molecule has 2 atom stereocenters. The second-order valence-corrected chi connectivity index (χ2v) is 4.34. The van der Waals surface area contributed by atoms with Gasteiger partial charge in [-0.2, -0.15) is 0 Å². The molecule has 0 radical (unpaired) electrons. The normalized spacial score (nSPS) is 26.3. The van der Waals surface area contributed by atoms with E-state index >= 15 is 0 Å². The number of fused-ring (bicyclic) bond motifs is 1. The highest BCUT2D eigenvalue weighted by molar-refractivity contribution is 5.94. The Morgan fingerprint density at radius 2 is 2.41 bits per heavy atom. The van der Waals surface area contributed by atoms with Gasteiger partial charge in [-0.1, -0.05) is 0 Å². The van der Waals surface area contributed by atoms with Crippen molar-refractivity contribution in [3.05, 3.63) is 23.9 Å². The van der Waals surface area contributed by atoms with Crippen LogP contribution in [0.3, 0.4) is 0 Å². The second kappa shape index (κ2) is 4.00. The van der Waals surface area contributed by atoms with Crippen LogP contribution in [0.1, 0.15) is 16.8 Å². The summed E-state index contributed by atoms with van der Waals surface area (Å²) in [6.45, 7) is 1.47. The molecule has 0 spiro atoms. The summed E-state index contributed by atoms with van der Waals surface area (Å²) in [5.74, 6) is 0.542. The number of hydrogen-bond acceptors (Lipinski definition) is 4. The Morgan fingerprint density at radius 3 is 3.06 bits per heavy atom. The number of ether oxygens (including phenoxy) is 2. The summed E-state index contributed by atoms with van der Waals surface area (Å²) in [5.41, 5.74) is 0.602. The van der Waals surface area contributed by atoms with Gasteiger partial charge in [0.15, 0.2) is 0 Å². The van der Waals surface area contributed by atoms with Gasteiger partial charge < -0.3 is 14.4 Å². The van der Waals surface area contributed by atoms with Crippen LogP contribution in [-0.2, 0) is 4.74 Å². The summed E-state index contributed by atoms with van der Waals surface area (Å²) < 4.78 is 10.4. The molecule has 2 saturated heterocycles. The van der Waals surface area contributed by atoms with Gasteiger partial charge in [-0.25, -0.2) is 4.98 Å². The first-order valence-electron chi connectivity index (χ1n) is 5.72. The number of piperidine rings is 1. The first kappa shape index (κ1) is 10.5. The summed E-state index contributed by atoms with van der Waals surface area (Å²) in [4.78, 5) is 18.0. The third-order valence-corrected chi connectivity index (χ3v) is 3.25. The van der Waals surface area contributed by atoms with Crippen molar-refractivity contribution in [2.24, 2.45) is 0 Å². The summed E-state index contributed by atoms with van der Waals surface area (Å²) >= 11 is 0. The van der Waals surface area contributed by atoms with Crippen LogP contribution >= 0.6 is 0 Å². The Balaban J connectivity index is 1.71. The molecule has 5 heteroatoms. The zero-order chi connectivity index (χ0) is 11.8. The van der Waals surface area contributed by atoms with Crippen molar-refractivity contribution in [3.8, 4) is 5.88 Å². The summed E-state index contributed by atoms with van der Waals surface area (Å²) in [7, 11) is 1.55. The number of methoxy groups -OCH3 is 1. The van der Waals surface area contributed by atoms with Gasteiger partial charge in [-0.05, 0) is 12.5 Å². The fraction of sp³-hybridized carbons (Fsp3) is 0.500. The lowest BCUT2D eigenvalue weighted by molar-refractivity contribution is 0.0736. The monoisotopic (exact) mass is 234 g/mol. The Hall–Kier alpha value is -1.62. The van der Waals surface area contributed by atoms with Crippen molar-refractivity contribution in [3.63, 3.8) is 0 Å². The molecule has 1 aromatic rings. The minimum atomic E-state index is 0.0223. The van der Waals surface area contributed by atoms with Crippen molar-refractivity contribution in [2.45, 2.75) is 18.6 Å².